The number of esters is 1. The standard InChI is InChI=1S/C18H13ClFNO3/c1-23-16-7-4-13(19)9-12(16)10-15-18(22)24-17(21-15)8-11-2-5-14(20)6-3-11/h2-7,9-10H,8H2,1H3/b15-10+. The van der Waals surface area contributed by atoms with Gasteiger partial charge in [-0.2, -0.15) is 0 Å². The van der Waals surface area contributed by atoms with E-state index in [1.165, 1.54) is 19.2 Å². The van der Waals surface area contributed by atoms with Crippen molar-refractivity contribution in [3.63, 3.8) is 0 Å². The van der Waals surface area contributed by atoms with Crippen molar-refractivity contribution in [2.45, 2.75) is 6.42 Å². The molecule has 0 saturated carbocycles. The highest BCUT2D eigenvalue weighted by Crippen LogP contribution is 2.27. The van der Waals surface area contributed by atoms with E-state index in [2.05, 4.69) is 4.99 Å². The average Bonchev–Trinajstić information content (AvgIpc) is 2.89. The second kappa shape index (κ2) is 6.84. The predicted octanol–water partition coefficient (Wildman–Crippen LogP) is 4.03. The highest BCUT2D eigenvalue weighted by Gasteiger charge is 2.23. The number of methoxy groups -OCH3 is 1. The van der Waals surface area contributed by atoms with Crippen molar-refractivity contribution >= 4 is 29.5 Å². The molecule has 1 heterocycles. The van der Waals surface area contributed by atoms with E-state index < -0.39 is 5.97 Å². The van der Waals surface area contributed by atoms with E-state index in [0.29, 0.717) is 22.8 Å². The van der Waals surface area contributed by atoms with Crippen molar-refractivity contribution in [2.75, 3.05) is 7.11 Å². The number of carbonyl (C=O) groups excluding carboxylic acids is 1. The van der Waals surface area contributed by atoms with Gasteiger partial charge in [0.25, 0.3) is 0 Å². The molecule has 0 spiro atoms. The minimum Gasteiger partial charge on any atom is -0.496 e. The SMILES string of the molecule is COc1ccc(Cl)cc1/C=C1/N=C(Cc2ccc(F)cc2)OC1=O. The van der Waals surface area contributed by atoms with Gasteiger partial charge in [0.1, 0.15) is 11.6 Å². The van der Waals surface area contributed by atoms with Crippen LogP contribution in [0.25, 0.3) is 6.08 Å². The fourth-order valence-electron chi connectivity index (χ4n) is 2.27. The molecule has 0 amide bonds. The summed E-state index contributed by atoms with van der Waals surface area (Å²) in [7, 11) is 1.53. The monoisotopic (exact) mass is 345 g/mol. The Labute approximate surface area is 143 Å². The highest BCUT2D eigenvalue weighted by atomic mass is 35.5. The van der Waals surface area contributed by atoms with E-state index in [-0.39, 0.29) is 17.4 Å². The van der Waals surface area contributed by atoms with Gasteiger partial charge in [-0.3, -0.25) is 0 Å². The van der Waals surface area contributed by atoms with E-state index in [0.717, 1.165) is 5.56 Å². The molecule has 0 atom stereocenters. The molecular weight excluding hydrogens is 333 g/mol. The molecule has 0 N–H and O–H groups in total. The van der Waals surface area contributed by atoms with Crippen molar-refractivity contribution in [3.05, 3.63) is 70.1 Å². The maximum absolute atomic E-state index is 12.9. The van der Waals surface area contributed by atoms with E-state index >= 15 is 0 Å². The topological polar surface area (TPSA) is 47.9 Å². The number of carbonyl (C=O) groups is 1. The van der Waals surface area contributed by atoms with Crippen molar-refractivity contribution in [1.29, 1.82) is 0 Å². The molecule has 2 aromatic carbocycles. The first kappa shape index (κ1) is 16.2. The predicted molar refractivity (Wildman–Crippen MR) is 89.6 cm³/mol. The van der Waals surface area contributed by atoms with Gasteiger partial charge in [0.15, 0.2) is 5.70 Å². The first-order valence-electron chi connectivity index (χ1n) is 7.14. The molecule has 0 bridgehead atoms. The Morgan fingerprint density at radius 2 is 2.00 bits per heavy atom. The van der Waals surface area contributed by atoms with Gasteiger partial charge in [0.2, 0.25) is 5.90 Å². The van der Waals surface area contributed by atoms with Crippen LogP contribution < -0.4 is 4.74 Å². The van der Waals surface area contributed by atoms with Crippen LogP contribution in [-0.4, -0.2) is 19.0 Å². The van der Waals surface area contributed by atoms with Crippen LogP contribution in [0.5, 0.6) is 5.75 Å². The number of hydrogen-bond donors (Lipinski definition) is 0. The van der Waals surface area contributed by atoms with Crippen molar-refractivity contribution < 1.29 is 18.7 Å². The van der Waals surface area contributed by atoms with Crippen molar-refractivity contribution in [2.24, 2.45) is 4.99 Å². The summed E-state index contributed by atoms with van der Waals surface area (Å²) in [5.74, 6) is -0.0346. The number of halogens is 2. The smallest absolute Gasteiger partial charge is 0.363 e. The molecule has 4 nitrogen and oxygen atoms in total. The van der Waals surface area contributed by atoms with E-state index in [1.807, 2.05) is 0 Å². The van der Waals surface area contributed by atoms with Gasteiger partial charge in [-0.05, 0) is 42.0 Å². The van der Waals surface area contributed by atoms with Crippen LogP contribution in [0.1, 0.15) is 11.1 Å². The average molecular weight is 346 g/mol. The Balaban J connectivity index is 1.86. The lowest BCUT2D eigenvalue weighted by molar-refractivity contribution is -0.130. The van der Waals surface area contributed by atoms with Gasteiger partial charge in [-0.15, -0.1) is 0 Å². The normalized spacial score (nSPS) is 15.4. The van der Waals surface area contributed by atoms with Crippen LogP contribution >= 0.6 is 11.6 Å². The van der Waals surface area contributed by atoms with Gasteiger partial charge < -0.3 is 9.47 Å². The number of nitrogens with zero attached hydrogens (tertiary/aromatic N) is 1. The molecule has 6 heteroatoms. The fourth-order valence-corrected chi connectivity index (χ4v) is 2.45. The zero-order valence-corrected chi connectivity index (χ0v) is 13.5. The third-order valence-corrected chi connectivity index (χ3v) is 3.65. The summed E-state index contributed by atoms with van der Waals surface area (Å²) in [6.45, 7) is 0. The molecule has 0 unspecified atom stereocenters. The summed E-state index contributed by atoms with van der Waals surface area (Å²) in [6.07, 6.45) is 1.86. The summed E-state index contributed by atoms with van der Waals surface area (Å²) in [6, 6.07) is 11.0. The highest BCUT2D eigenvalue weighted by molar-refractivity contribution is 6.30. The van der Waals surface area contributed by atoms with Crippen LogP contribution in [0.4, 0.5) is 4.39 Å². The molecular formula is C18H13ClFNO3. The summed E-state index contributed by atoms with van der Waals surface area (Å²) in [5.41, 5.74) is 1.58. The van der Waals surface area contributed by atoms with Gasteiger partial charge in [-0.25, -0.2) is 14.2 Å². The number of rotatable bonds is 4. The maximum Gasteiger partial charge on any atom is 0.363 e. The zero-order chi connectivity index (χ0) is 17.1. The second-order valence-corrected chi connectivity index (χ2v) is 5.55. The first-order valence-corrected chi connectivity index (χ1v) is 7.52. The maximum atomic E-state index is 12.9. The Morgan fingerprint density at radius 1 is 1.25 bits per heavy atom. The van der Waals surface area contributed by atoms with Gasteiger partial charge in [0, 0.05) is 17.0 Å². The lowest BCUT2D eigenvalue weighted by Crippen LogP contribution is -2.06. The summed E-state index contributed by atoms with van der Waals surface area (Å²) in [5, 5.41) is 0.518. The minimum absolute atomic E-state index is 0.160. The molecule has 0 fully saturated rings. The molecule has 3 rings (SSSR count). The molecule has 1 aliphatic heterocycles. The Morgan fingerprint density at radius 3 is 2.71 bits per heavy atom. The van der Waals surface area contributed by atoms with Crippen molar-refractivity contribution in [3.8, 4) is 5.75 Å². The van der Waals surface area contributed by atoms with E-state index in [4.69, 9.17) is 21.1 Å². The Bertz CT molecular complexity index is 844. The molecule has 0 aromatic heterocycles. The molecule has 122 valence electrons. The van der Waals surface area contributed by atoms with Gasteiger partial charge >= 0.3 is 5.97 Å². The number of cyclic esters (lactones) is 1. The summed E-state index contributed by atoms with van der Waals surface area (Å²) in [4.78, 5) is 16.2. The lowest BCUT2D eigenvalue weighted by atomic mass is 10.1. The number of aliphatic imine (C=N–C) groups is 1. The first-order chi connectivity index (χ1) is 11.5. The second-order valence-electron chi connectivity index (χ2n) is 5.11. The summed E-state index contributed by atoms with van der Waals surface area (Å²) >= 11 is 5.98. The molecule has 0 saturated heterocycles. The van der Waals surface area contributed by atoms with Crippen LogP contribution in [-0.2, 0) is 16.0 Å². The quantitative estimate of drug-likeness (QED) is 0.621. The van der Waals surface area contributed by atoms with E-state index in [9.17, 15) is 9.18 Å². The van der Waals surface area contributed by atoms with Crippen molar-refractivity contribution in [1.82, 2.24) is 0 Å². The van der Waals surface area contributed by atoms with Gasteiger partial charge in [0.05, 0.1) is 7.11 Å². The Hall–Kier alpha value is -2.66. The summed E-state index contributed by atoms with van der Waals surface area (Å²) < 4.78 is 23.3. The van der Waals surface area contributed by atoms with E-state index in [1.54, 1.807) is 36.4 Å². The van der Waals surface area contributed by atoms with Crippen LogP contribution in [0.3, 0.4) is 0 Å². The van der Waals surface area contributed by atoms with Crippen LogP contribution in [0.2, 0.25) is 5.02 Å². The largest absolute Gasteiger partial charge is 0.496 e. The number of ether oxygens (including phenoxy) is 2. The molecule has 24 heavy (non-hydrogen) atoms. The zero-order valence-electron chi connectivity index (χ0n) is 12.8. The van der Waals surface area contributed by atoms with Crippen LogP contribution in [0.15, 0.2) is 53.2 Å². The molecule has 1 aliphatic rings. The third-order valence-electron chi connectivity index (χ3n) is 3.42. The van der Waals surface area contributed by atoms with Gasteiger partial charge in [-0.1, -0.05) is 23.7 Å². The molecule has 2 aromatic rings. The minimum atomic E-state index is -0.547. The third kappa shape index (κ3) is 3.63. The number of hydrogen-bond acceptors (Lipinski definition) is 4. The molecule has 0 aliphatic carbocycles. The van der Waals surface area contributed by atoms with Crippen LogP contribution in [0, 0.1) is 5.82 Å². The fraction of sp³-hybridized carbons (Fsp3) is 0.111. The Kier molecular flexibility index (Phi) is 4.62. The lowest BCUT2D eigenvalue weighted by Gasteiger charge is -2.04. The molecule has 0 radical (unpaired) electrons. The number of benzene rings is 2.